The van der Waals surface area contributed by atoms with Crippen LogP contribution in [0, 0.1) is 0 Å². The van der Waals surface area contributed by atoms with Crippen LogP contribution < -0.4 is 4.90 Å². The van der Waals surface area contributed by atoms with Gasteiger partial charge in [0, 0.05) is 5.56 Å². The number of ketones is 1. The van der Waals surface area contributed by atoms with Crippen LogP contribution in [0.4, 0.5) is 5.69 Å². The molecule has 2 aliphatic heterocycles. The van der Waals surface area contributed by atoms with E-state index in [-0.39, 0.29) is 0 Å². The average Bonchev–Trinajstić information content (AvgIpc) is 2.78. The van der Waals surface area contributed by atoms with Gasteiger partial charge in [0.1, 0.15) is 0 Å². The van der Waals surface area contributed by atoms with Crippen molar-refractivity contribution in [2.75, 3.05) is 4.90 Å². The minimum atomic E-state index is -0.530. The molecular weight excluding hydrogens is 274 g/mol. The predicted molar refractivity (Wildman–Crippen MR) is 85.9 cm³/mol. The van der Waals surface area contributed by atoms with E-state index < -0.39 is 17.2 Å². The fourth-order valence-corrected chi connectivity index (χ4v) is 3.41. The molecule has 2 aliphatic rings. The SMILES string of the molecule is CC1(C)C=C(c2ccccc2)c2cccc3c2N1C(=O)C3=O. The fourth-order valence-electron chi connectivity index (χ4n) is 3.41. The number of carbonyl (C=O) groups excluding carboxylic acids is 2. The van der Waals surface area contributed by atoms with Crippen molar-refractivity contribution in [1.29, 1.82) is 0 Å². The predicted octanol–water partition coefficient (Wildman–Crippen LogP) is 3.44. The summed E-state index contributed by atoms with van der Waals surface area (Å²) in [7, 11) is 0. The van der Waals surface area contributed by atoms with Gasteiger partial charge in [0.25, 0.3) is 11.7 Å². The summed E-state index contributed by atoms with van der Waals surface area (Å²) in [5.41, 5.74) is 3.84. The van der Waals surface area contributed by atoms with Gasteiger partial charge >= 0.3 is 0 Å². The molecule has 0 aromatic heterocycles. The molecule has 0 radical (unpaired) electrons. The van der Waals surface area contributed by atoms with Gasteiger partial charge in [-0.3, -0.25) is 14.5 Å². The topological polar surface area (TPSA) is 37.4 Å². The lowest BCUT2D eigenvalue weighted by atomic mass is 9.85. The summed E-state index contributed by atoms with van der Waals surface area (Å²) in [6.07, 6.45) is 2.07. The van der Waals surface area contributed by atoms with Crippen LogP contribution in [0.1, 0.15) is 35.3 Å². The van der Waals surface area contributed by atoms with Crippen LogP contribution in [0.3, 0.4) is 0 Å². The van der Waals surface area contributed by atoms with Crippen LogP contribution in [0.15, 0.2) is 54.6 Å². The second-order valence-corrected chi connectivity index (χ2v) is 6.25. The maximum absolute atomic E-state index is 12.4. The number of hydrogen-bond acceptors (Lipinski definition) is 2. The molecule has 1 amide bonds. The minimum absolute atomic E-state index is 0.410. The lowest BCUT2D eigenvalue weighted by Gasteiger charge is -2.38. The van der Waals surface area contributed by atoms with Crippen molar-refractivity contribution in [2.24, 2.45) is 0 Å². The first-order valence-electron chi connectivity index (χ1n) is 7.31. The highest BCUT2D eigenvalue weighted by Gasteiger charge is 2.46. The van der Waals surface area contributed by atoms with Gasteiger partial charge in [-0.25, -0.2) is 0 Å². The Kier molecular flexibility index (Phi) is 2.46. The number of nitrogens with zero attached hydrogens (tertiary/aromatic N) is 1. The van der Waals surface area contributed by atoms with E-state index in [0.717, 1.165) is 22.4 Å². The Hall–Kier alpha value is -2.68. The van der Waals surface area contributed by atoms with E-state index >= 15 is 0 Å². The highest BCUT2D eigenvalue weighted by atomic mass is 16.2. The quantitative estimate of drug-likeness (QED) is 0.754. The van der Waals surface area contributed by atoms with E-state index in [9.17, 15) is 9.59 Å². The van der Waals surface area contributed by atoms with Crippen LogP contribution in [0.25, 0.3) is 5.57 Å². The van der Waals surface area contributed by atoms with Gasteiger partial charge in [-0.1, -0.05) is 48.5 Å². The van der Waals surface area contributed by atoms with Crippen molar-refractivity contribution < 1.29 is 9.59 Å². The molecule has 0 saturated heterocycles. The molecule has 2 aromatic rings. The van der Waals surface area contributed by atoms with Crippen LogP contribution in [0.2, 0.25) is 0 Å². The van der Waals surface area contributed by atoms with E-state index in [2.05, 4.69) is 18.2 Å². The van der Waals surface area contributed by atoms with Crippen molar-refractivity contribution >= 4 is 23.0 Å². The highest BCUT2D eigenvalue weighted by molar-refractivity contribution is 6.53. The Bertz CT molecular complexity index is 847. The second-order valence-electron chi connectivity index (χ2n) is 6.25. The number of Topliss-reactive ketones (excluding diaryl/α,β-unsaturated/α-hetero) is 1. The van der Waals surface area contributed by atoms with Crippen LogP contribution >= 0.6 is 0 Å². The summed E-state index contributed by atoms with van der Waals surface area (Å²) in [5, 5.41) is 0. The maximum Gasteiger partial charge on any atom is 0.300 e. The number of amides is 1. The molecule has 3 nitrogen and oxygen atoms in total. The molecule has 0 unspecified atom stereocenters. The maximum atomic E-state index is 12.4. The van der Waals surface area contributed by atoms with Gasteiger partial charge in [-0.05, 0) is 31.1 Å². The minimum Gasteiger partial charge on any atom is -0.295 e. The van der Waals surface area contributed by atoms with Gasteiger partial charge in [0.15, 0.2) is 0 Å². The lowest BCUT2D eigenvalue weighted by molar-refractivity contribution is -0.115. The summed E-state index contributed by atoms with van der Waals surface area (Å²) in [6, 6.07) is 15.6. The van der Waals surface area contributed by atoms with Gasteiger partial charge in [-0.15, -0.1) is 0 Å². The van der Waals surface area contributed by atoms with Gasteiger partial charge in [-0.2, -0.15) is 0 Å². The second kappa shape index (κ2) is 4.17. The summed E-state index contributed by atoms with van der Waals surface area (Å²) in [6.45, 7) is 3.93. The number of rotatable bonds is 1. The molecule has 0 bridgehead atoms. The first-order valence-corrected chi connectivity index (χ1v) is 7.31. The zero-order valence-electron chi connectivity index (χ0n) is 12.5. The molecule has 0 spiro atoms. The third kappa shape index (κ3) is 1.56. The molecule has 0 saturated carbocycles. The smallest absolute Gasteiger partial charge is 0.295 e. The zero-order valence-corrected chi connectivity index (χ0v) is 12.5. The zero-order chi connectivity index (χ0) is 15.5. The molecule has 0 aliphatic carbocycles. The Balaban J connectivity index is 2.05. The molecule has 2 heterocycles. The first kappa shape index (κ1) is 13.0. The molecule has 3 heteroatoms. The average molecular weight is 289 g/mol. The summed E-state index contributed by atoms with van der Waals surface area (Å²) < 4.78 is 0. The van der Waals surface area contributed by atoms with Crippen molar-refractivity contribution in [1.82, 2.24) is 0 Å². The summed E-state index contributed by atoms with van der Waals surface area (Å²) >= 11 is 0. The lowest BCUT2D eigenvalue weighted by Crippen LogP contribution is -2.47. The summed E-state index contributed by atoms with van der Waals surface area (Å²) in [4.78, 5) is 26.3. The number of carbonyl (C=O) groups is 2. The Morgan fingerprint density at radius 2 is 1.55 bits per heavy atom. The van der Waals surface area contributed by atoms with Gasteiger partial charge < -0.3 is 0 Å². The number of anilines is 1. The highest BCUT2D eigenvalue weighted by Crippen LogP contribution is 2.46. The van der Waals surface area contributed by atoms with Gasteiger partial charge in [0.05, 0.1) is 16.8 Å². The molecule has 108 valence electrons. The largest absolute Gasteiger partial charge is 0.300 e. The Morgan fingerprint density at radius 1 is 0.864 bits per heavy atom. The third-order valence-electron chi connectivity index (χ3n) is 4.35. The molecule has 4 rings (SSSR count). The van der Waals surface area contributed by atoms with Crippen molar-refractivity contribution in [3.8, 4) is 0 Å². The Labute approximate surface area is 128 Å². The third-order valence-corrected chi connectivity index (χ3v) is 4.35. The van der Waals surface area contributed by atoms with Crippen molar-refractivity contribution in [3.05, 3.63) is 71.3 Å². The van der Waals surface area contributed by atoms with Crippen LogP contribution in [-0.4, -0.2) is 17.2 Å². The molecule has 0 N–H and O–H groups in total. The van der Waals surface area contributed by atoms with E-state index in [1.54, 1.807) is 11.0 Å². The molecule has 0 atom stereocenters. The molecule has 22 heavy (non-hydrogen) atoms. The van der Waals surface area contributed by atoms with Gasteiger partial charge in [0.2, 0.25) is 0 Å². The first-order chi connectivity index (χ1) is 10.5. The normalized spacial score (nSPS) is 18.3. The van der Waals surface area contributed by atoms with Crippen LogP contribution in [0.5, 0.6) is 0 Å². The van der Waals surface area contributed by atoms with E-state index in [0.29, 0.717) is 5.56 Å². The number of benzene rings is 2. The fraction of sp³-hybridized carbons (Fsp3) is 0.158. The molecule has 2 aromatic carbocycles. The van der Waals surface area contributed by atoms with E-state index in [4.69, 9.17) is 0 Å². The molecule has 0 fully saturated rings. The standard InChI is InChI=1S/C19H15NO2/c1-19(2)11-15(12-7-4-3-5-8-12)13-9-6-10-14-16(13)20(19)18(22)17(14)21/h3-11H,1-2H3. The van der Waals surface area contributed by atoms with E-state index in [1.165, 1.54) is 0 Å². The van der Waals surface area contributed by atoms with Crippen LogP contribution in [-0.2, 0) is 4.79 Å². The van der Waals surface area contributed by atoms with Crippen molar-refractivity contribution in [3.63, 3.8) is 0 Å². The Morgan fingerprint density at radius 3 is 2.27 bits per heavy atom. The van der Waals surface area contributed by atoms with E-state index in [1.807, 2.05) is 44.2 Å². The number of para-hydroxylation sites is 1. The number of hydrogen-bond donors (Lipinski definition) is 0. The monoisotopic (exact) mass is 289 g/mol. The van der Waals surface area contributed by atoms with Crippen molar-refractivity contribution in [2.45, 2.75) is 19.4 Å². The summed E-state index contributed by atoms with van der Waals surface area (Å²) in [5.74, 6) is -0.844. The molecular formula is C19H15NO2.